The Hall–Kier alpha value is -2.32. The molecule has 5 nitrogen and oxygen atoms in total. The maximum Gasteiger partial charge on any atom is 0.337 e. The van der Waals surface area contributed by atoms with Gasteiger partial charge in [0.1, 0.15) is 5.69 Å². The molecule has 1 heterocycles. The molecule has 0 radical (unpaired) electrons. The van der Waals surface area contributed by atoms with Gasteiger partial charge in [0, 0.05) is 5.39 Å². The number of aromatic amines is 1. The van der Waals surface area contributed by atoms with Gasteiger partial charge in [-0.25, -0.2) is 4.79 Å². The van der Waals surface area contributed by atoms with Gasteiger partial charge in [-0.1, -0.05) is 5.92 Å². The number of hydrogen-bond acceptors (Lipinski definition) is 4. The second kappa shape index (κ2) is 5.34. The fourth-order valence-corrected chi connectivity index (χ4v) is 1.57. The van der Waals surface area contributed by atoms with Crippen molar-refractivity contribution >= 4 is 16.9 Å². The third-order valence-corrected chi connectivity index (χ3v) is 2.45. The Morgan fingerprint density at radius 2 is 2.39 bits per heavy atom. The SMILES string of the molecule is CNCC#Cc1[nH]nc2cc(C(=O)OC)ccc12. The number of H-pyrrole nitrogens is 1. The van der Waals surface area contributed by atoms with Gasteiger partial charge >= 0.3 is 5.97 Å². The highest BCUT2D eigenvalue weighted by Gasteiger charge is 2.09. The summed E-state index contributed by atoms with van der Waals surface area (Å²) >= 11 is 0. The summed E-state index contributed by atoms with van der Waals surface area (Å²) in [5.41, 5.74) is 1.93. The van der Waals surface area contributed by atoms with E-state index in [1.807, 2.05) is 13.1 Å². The van der Waals surface area contributed by atoms with E-state index >= 15 is 0 Å². The molecule has 2 N–H and O–H groups in total. The van der Waals surface area contributed by atoms with Crippen molar-refractivity contribution in [1.29, 1.82) is 0 Å². The molecule has 0 amide bonds. The van der Waals surface area contributed by atoms with Gasteiger partial charge in [-0.2, -0.15) is 5.10 Å². The summed E-state index contributed by atoms with van der Waals surface area (Å²) in [6, 6.07) is 5.20. The lowest BCUT2D eigenvalue weighted by atomic mass is 10.1. The first kappa shape index (κ1) is 12.1. The molecule has 0 fully saturated rings. The number of benzene rings is 1. The molecule has 0 atom stereocenters. The van der Waals surface area contributed by atoms with Gasteiger partial charge in [0.15, 0.2) is 0 Å². The topological polar surface area (TPSA) is 67.0 Å². The van der Waals surface area contributed by atoms with E-state index in [9.17, 15) is 4.79 Å². The van der Waals surface area contributed by atoms with E-state index in [-0.39, 0.29) is 5.97 Å². The largest absolute Gasteiger partial charge is 0.465 e. The number of nitrogens with one attached hydrogen (secondary N) is 2. The number of carbonyl (C=O) groups is 1. The lowest BCUT2D eigenvalue weighted by Crippen LogP contribution is -2.04. The molecule has 92 valence electrons. The van der Waals surface area contributed by atoms with Gasteiger partial charge in [0.25, 0.3) is 0 Å². The average molecular weight is 243 g/mol. The highest BCUT2D eigenvalue weighted by atomic mass is 16.5. The fourth-order valence-electron chi connectivity index (χ4n) is 1.57. The summed E-state index contributed by atoms with van der Waals surface area (Å²) in [7, 11) is 3.19. The number of carbonyl (C=O) groups excluding carboxylic acids is 1. The predicted molar refractivity (Wildman–Crippen MR) is 68.2 cm³/mol. The summed E-state index contributed by atoms with van der Waals surface area (Å²) in [5.74, 6) is 5.57. The van der Waals surface area contributed by atoms with E-state index < -0.39 is 0 Å². The standard InChI is InChI=1S/C13H13N3O2/c1-14-7-3-4-11-10-6-5-9(13(17)18-2)8-12(10)16-15-11/h5-6,8,14H,7H2,1-2H3,(H,15,16). The molecule has 2 rings (SSSR count). The van der Waals surface area contributed by atoms with E-state index in [0.29, 0.717) is 17.6 Å². The van der Waals surface area contributed by atoms with Crippen LogP contribution in [0.3, 0.4) is 0 Å². The van der Waals surface area contributed by atoms with Crippen LogP contribution >= 0.6 is 0 Å². The number of fused-ring (bicyclic) bond motifs is 1. The number of methoxy groups -OCH3 is 1. The van der Waals surface area contributed by atoms with Crippen LogP contribution in [0.5, 0.6) is 0 Å². The molecule has 5 heteroatoms. The molecule has 0 aliphatic rings. The molecular weight excluding hydrogens is 230 g/mol. The monoisotopic (exact) mass is 243 g/mol. The molecule has 0 unspecified atom stereocenters. The Labute approximate surface area is 105 Å². The van der Waals surface area contributed by atoms with Gasteiger partial charge in [0.2, 0.25) is 0 Å². The maximum atomic E-state index is 11.4. The second-order valence-corrected chi connectivity index (χ2v) is 3.65. The van der Waals surface area contributed by atoms with Crippen molar-refractivity contribution in [2.75, 3.05) is 20.7 Å². The highest BCUT2D eigenvalue weighted by Crippen LogP contribution is 2.17. The van der Waals surface area contributed by atoms with E-state index in [2.05, 4.69) is 32.1 Å². The summed E-state index contributed by atoms with van der Waals surface area (Å²) < 4.78 is 4.66. The number of esters is 1. The predicted octanol–water partition coefficient (Wildman–Crippen LogP) is 0.920. The molecule has 0 saturated heterocycles. The van der Waals surface area contributed by atoms with Gasteiger partial charge in [-0.05, 0) is 31.2 Å². The average Bonchev–Trinajstić information content (AvgIpc) is 2.80. The summed E-state index contributed by atoms with van der Waals surface area (Å²) in [6.07, 6.45) is 0. The smallest absolute Gasteiger partial charge is 0.337 e. The van der Waals surface area contributed by atoms with Crippen molar-refractivity contribution in [3.8, 4) is 11.8 Å². The third-order valence-electron chi connectivity index (χ3n) is 2.45. The minimum absolute atomic E-state index is 0.372. The normalized spacial score (nSPS) is 9.89. The van der Waals surface area contributed by atoms with Gasteiger partial charge in [-0.15, -0.1) is 0 Å². The fraction of sp³-hybridized carbons (Fsp3) is 0.231. The minimum atomic E-state index is -0.372. The molecule has 2 aromatic rings. The van der Waals surface area contributed by atoms with E-state index in [0.717, 1.165) is 11.1 Å². The third kappa shape index (κ3) is 2.34. The van der Waals surface area contributed by atoms with Crippen molar-refractivity contribution in [1.82, 2.24) is 15.5 Å². The quantitative estimate of drug-likeness (QED) is 0.608. The Morgan fingerprint density at radius 3 is 3.11 bits per heavy atom. The van der Waals surface area contributed by atoms with Crippen molar-refractivity contribution in [3.63, 3.8) is 0 Å². The van der Waals surface area contributed by atoms with E-state index in [4.69, 9.17) is 0 Å². The molecular formula is C13H13N3O2. The van der Waals surface area contributed by atoms with Crippen LogP contribution in [0, 0.1) is 11.8 Å². The van der Waals surface area contributed by atoms with Crippen molar-refractivity contribution in [2.45, 2.75) is 0 Å². The first-order chi connectivity index (χ1) is 8.76. The van der Waals surface area contributed by atoms with Gasteiger partial charge < -0.3 is 10.1 Å². The Morgan fingerprint density at radius 1 is 1.56 bits per heavy atom. The summed E-state index contributed by atoms with van der Waals surface area (Å²) in [6.45, 7) is 0.612. The number of nitrogens with zero attached hydrogens (tertiary/aromatic N) is 1. The molecule has 18 heavy (non-hydrogen) atoms. The number of aromatic nitrogens is 2. The van der Waals surface area contributed by atoms with Crippen LogP contribution in [0.2, 0.25) is 0 Å². The Balaban J connectivity index is 2.38. The van der Waals surface area contributed by atoms with Gasteiger partial charge in [0.05, 0.1) is 24.7 Å². The van der Waals surface area contributed by atoms with Crippen LogP contribution in [0.25, 0.3) is 10.9 Å². The van der Waals surface area contributed by atoms with Crippen LogP contribution < -0.4 is 5.32 Å². The van der Waals surface area contributed by atoms with Crippen molar-refractivity contribution in [3.05, 3.63) is 29.5 Å². The zero-order valence-electron chi connectivity index (χ0n) is 10.2. The first-order valence-corrected chi connectivity index (χ1v) is 5.46. The minimum Gasteiger partial charge on any atom is -0.465 e. The van der Waals surface area contributed by atoms with Crippen LogP contribution in [0.4, 0.5) is 0 Å². The first-order valence-electron chi connectivity index (χ1n) is 5.46. The van der Waals surface area contributed by atoms with Crippen LogP contribution in [-0.4, -0.2) is 36.9 Å². The highest BCUT2D eigenvalue weighted by molar-refractivity contribution is 5.95. The van der Waals surface area contributed by atoms with Crippen molar-refractivity contribution < 1.29 is 9.53 Å². The van der Waals surface area contributed by atoms with Crippen molar-refractivity contribution in [2.24, 2.45) is 0 Å². The Bertz CT molecular complexity index is 634. The van der Waals surface area contributed by atoms with E-state index in [1.165, 1.54) is 7.11 Å². The van der Waals surface area contributed by atoms with Crippen LogP contribution in [0.1, 0.15) is 16.1 Å². The number of ether oxygens (including phenoxy) is 1. The molecule has 0 saturated carbocycles. The number of rotatable bonds is 2. The summed E-state index contributed by atoms with van der Waals surface area (Å²) in [5, 5.41) is 10.8. The zero-order chi connectivity index (χ0) is 13.0. The van der Waals surface area contributed by atoms with E-state index in [1.54, 1.807) is 12.1 Å². The lowest BCUT2D eigenvalue weighted by Gasteiger charge is -1.97. The molecule has 0 spiro atoms. The van der Waals surface area contributed by atoms with Crippen LogP contribution in [0.15, 0.2) is 18.2 Å². The molecule has 0 bridgehead atoms. The molecule has 0 aliphatic heterocycles. The zero-order valence-corrected chi connectivity index (χ0v) is 10.2. The maximum absolute atomic E-state index is 11.4. The molecule has 1 aromatic carbocycles. The van der Waals surface area contributed by atoms with Gasteiger partial charge in [-0.3, -0.25) is 5.10 Å². The number of hydrogen-bond donors (Lipinski definition) is 2. The summed E-state index contributed by atoms with van der Waals surface area (Å²) in [4.78, 5) is 11.4. The second-order valence-electron chi connectivity index (χ2n) is 3.65. The molecule has 0 aliphatic carbocycles. The molecule has 1 aromatic heterocycles. The van der Waals surface area contributed by atoms with Crippen LogP contribution in [-0.2, 0) is 4.74 Å². The lowest BCUT2D eigenvalue weighted by molar-refractivity contribution is 0.0601. The Kier molecular flexibility index (Phi) is 3.60.